The molecule has 0 saturated carbocycles. The van der Waals surface area contributed by atoms with E-state index in [2.05, 4.69) is 51.7 Å². The second-order valence-electron chi connectivity index (χ2n) is 16.0. The Balaban J connectivity index is 1.75. The lowest BCUT2D eigenvalue weighted by molar-refractivity contribution is -0.179. The molecule has 0 unspecified atom stereocenters. The van der Waals surface area contributed by atoms with Gasteiger partial charge in [0.25, 0.3) is 5.91 Å². The van der Waals surface area contributed by atoms with Crippen LogP contribution in [-0.4, -0.2) is 94.4 Å². The standard InChI is InChI=1S/C41H58N6O12S/c1-13-16-18-53-28(15-3)29(54-19-17-14-2)20-24(4)25-21-30(58-46-25)35(50)55-22-26-31(33(48)42-26)44-34(49)32(47-59-41(11,12)36(51)56-39(5,6)7)27-23-60-37(43-27)45-38(52)57-40(8,9)10/h15,20-21,23,26,31H,4,13-14,16-19,22H2,1-3,5-12H3,(H,42,48)(H,44,49)(H,43,45,52)/b28-15+,29-20+,47-32-/t26-,31+/m1/s1. The third kappa shape index (κ3) is 15.1. The molecule has 2 atom stereocenters. The van der Waals surface area contributed by atoms with E-state index in [-0.39, 0.29) is 28.9 Å². The van der Waals surface area contributed by atoms with Gasteiger partial charge in [0.1, 0.15) is 35.2 Å². The maximum atomic E-state index is 13.7. The SMILES string of the molecule is C=C(/C=C(OCCCC)\C(=C/C)OCCCC)c1cc(C(=O)OC[C@H]2NC(=O)[C@H]2NC(=O)/C(=N\OC(C)(C)C(=O)OC(C)(C)C)c2csc(NC(=O)OC(C)(C)C)n2)on1. The predicted molar refractivity (Wildman–Crippen MR) is 223 cm³/mol. The maximum Gasteiger partial charge on any atom is 0.413 e. The minimum absolute atomic E-state index is 0.0607. The molecule has 1 aliphatic heterocycles. The molecular weight excluding hydrogens is 801 g/mol. The topological polar surface area (TPSA) is 228 Å². The number of β-lactam (4-membered cyclic amide) rings is 1. The van der Waals surface area contributed by atoms with Gasteiger partial charge >= 0.3 is 18.0 Å². The van der Waals surface area contributed by atoms with Crippen molar-refractivity contribution in [2.75, 3.05) is 25.1 Å². The van der Waals surface area contributed by atoms with Crippen LogP contribution in [0, 0.1) is 0 Å². The van der Waals surface area contributed by atoms with E-state index in [1.807, 2.05) is 6.92 Å². The number of aromatic nitrogens is 2. The number of carbonyl (C=O) groups is 5. The summed E-state index contributed by atoms with van der Waals surface area (Å²) in [5, 5.41) is 17.0. The molecule has 2 aromatic heterocycles. The lowest BCUT2D eigenvalue weighted by Gasteiger charge is -2.36. The Kier molecular flexibility index (Phi) is 17.4. The average Bonchev–Trinajstić information content (AvgIpc) is 3.83. The Morgan fingerprint density at radius 1 is 0.950 bits per heavy atom. The number of unbranched alkanes of at least 4 members (excludes halogenated alkanes) is 2. The van der Waals surface area contributed by atoms with E-state index >= 15 is 0 Å². The van der Waals surface area contributed by atoms with Crippen molar-refractivity contribution in [2.24, 2.45) is 5.16 Å². The first kappa shape index (κ1) is 48.6. The van der Waals surface area contributed by atoms with Gasteiger partial charge in [-0.2, -0.15) is 0 Å². The summed E-state index contributed by atoms with van der Waals surface area (Å²) in [5.41, 5.74) is -3.15. The Morgan fingerprint density at radius 2 is 1.58 bits per heavy atom. The first-order valence-electron chi connectivity index (χ1n) is 19.6. The molecule has 3 heterocycles. The van der Waals surface area contributed by atoms with Crippen molar-refractivity contribution in [3.8, 4) is 0 Å². The summed E-state index contributed by atoms with van der Waals surface area (Å²) < 4.78 is 33.3. The molecule has 60 heavy (non-hydrogen) atoms. The Morgan fingerprint density at radius 3 is 2.17 bits per heavy atom. The van der Waals surface area contributed by atoms with Crippen molar-refractivity contribution in [3.05, 3.63) is 58.8 Å². The molecule has 1 saturated heterocycles. The van der Waals surface area contributed by atoms with Crippen molar-refractivity contribution >= 4 is 57.6 Å². The molecule has 2 aromatic rings. The molecule has 330 valence electrons. The largest absolute Gasteiger partial charge is 0.490 e. The smallest absolute Gasteiger partial charge is 0.413 e. The Labute approximate surface area is 354 Å². The fourth-order valence-corrected chi connectivity index (χ4v) is 5.40. The van der Waals surface area contributed by atoms with Gasteiger partial charge in [-0.25, -0.2) is 19.4 Å². The molecule has 3 amide bonds. The zero-order valence-electron chi connectivity index (χ0n) is 36.3. The third-order valence-corrected chi connectivity index (χ3v) is 8.64. The monoisotopic (exact) mass is 858 g/mol. The first-order chi connectivity index (χ1) is 28.1. The number of ether oxygens (including phenoxy) is 5. The average molecular weight is 859 g/mol. The van der Waals surface area contributed by atoms with E-state index in [0.717, 1.165) is 37.0 Å². The molecule has 0 radical (unpaired) electrons. The summed E-state index contributed by atoms with van der Waals surface area (Å²) in [6, 6.07) is -0.687. The van der Waals surface area contributed by atoms with Crippen molar-refractivity contribution in [2.45, 2.75) is 131 Å². The molecular formula is C41H58N6O12S. The summed E-state index contributed by atoms with van der Waals surface area (Å²) in [5.74, 6) is -2.38. The first-order valence-corrected chi connectivity index (χ1v) is 20.5. The van der Waals surface area contributed by atoms with Gasteiger partial charge < -0.3 is 43.7 Å². The van der Waals surface area contributed by atoms with Gasteiger partial charge in [-0.05, 0) is 87.3 Å². The number of esters is 2. The van der Waals surface area contributed by atoms with E-state index in [9.17, 15) is 24.0 Å². The van der Waals surface area contributed by atoms with Gasteiger partial charge in [0, 0.05) is 17.0 Å². The van der Waals surface area contributed by atoms with Gasteiger partial charge in [-0.1, -0.05) is 43.6 Å². The van der Waals surface area contributed by atoms with Crippen LogP contribution in [-0.2, 0) is 42.9 Å². The number of oxime groups is 1. The van der Waals surface area contributed by atoms with E-state index in [4.69, 9.17) is 33.0 Å². The molecule has 3 N–H and O–H groups in total. The summed E-state index contributed by atoms with van der Waals surface area (Å²) in [7, 11) is 0. The highest BCUT2D eigenvalue weighted by Gasteiger charge is 2.43. The van der Waals surface area contributed by atoms with Gasteiger partial charge in [-0.3, -0.25) is 14.9 Å². The van der Waals surface area contributed by atoms with E-state index < -0.39 is 64.4 Å². The number of anilines is 1. The molecule has 0 spiro atoms. The van der Waals surface area contributed by atoms with Crippen LogP contribution in [0.1, 0.15) is 124 Å². The summed E-state index contributed by atoms with van der Waals surface area (Å²) >= 11 is 0.957. The minimum atomic E-state index is -1.66. The maximum absolute atomic E-state index is 13.7. The summed E-state index contributed by atoms with van der Waals surface area (Å²) in [6.45, 7) is 23.6. The molecule has 1 aliphatic rings. The molecule has 3 rings (SSSR count). The number of rotatable bonds is 21. The lowest BCUT2D eigenvalue weighted by Crippen LogP contribution is -2.71. The molecule has 18 nitrogen and oxygen atoms in total. The predicted octanol–water partition coefficient (Wildman–Crippen LogP) is 6.59. The van der Waals surface area contributed by atoms with Gasteiger partial charge in [-0.15, -0.1) is 11.3 Å². The van der Waals surface area contributed by atoms with Crippen LogP contribution in [0.5, 0.6) is 0 Å². The Hall–Kier alpha value is -5.72. The van der Waals surface area contributed by atoms with Crippen LogP contribution in [0.2, 0.25) is 0 Å². The highest BCUT2D eigenvalue weighted by Crippen LogP contribution is 2.24. The number of allylic oxidation sites excluding steroid dienone is 3. The number of hydrogen-bond acceptors (Lipinski definition) is 16. The Bertz CT molecular complexity index is 1950. The minimum Gasteiger partial charge on any atom is -0.490 e. The fourth-order valence-electron chi connectivity index (χ4n) is 4.71. The number of nitrogens with zero attached hydrogens (tertiary/aromatic N) is 3. The number of thiazole rings is 1. The second-order valence-corrected chi connectivity index (χ2v) is 16.9. The van der Waals surface area contributed by atoms with Crippen molar-refractivity contribution in [1.82, 2.24) is 20.8 Å². The van der Waals surface area contributed by atoms with Crippen molar-refractivity contribution in [3.63, 3.8) is 0 Å². The highest BCUT2D eigenvalue weighted by atomic mass is 32.1. The zero-order chi connectivity index (χ0) is 44.8. The van der Waals surface area contributed by atoms with E-state index in [1.54, 1.807) is 53.7 Å². The summed E-state index contributed by atoms with van der Waals surface area (Å²) in [4.78, 5) is 74.5. The van der Waals surface area contributed by atoms with Crippen LogP contribution < -0.4 is 16.0 Å². The highest BCUT2D eigenvalue weighted by molar-refractivity contribution is 7.14. The number of hydrogen-bond donors (Lipinski definition) is 3. The van der Waals surface area contributed by atoms with E-state index in [1.165, 1.54) is 25.3 Å². The number of amides is 3. The van der Waals surface area contributed by atoms with Gasteiger partial charge in [0.2, 0.25) is 17.3 Å². The van der Waals surface area contributed by atoms with Crippen LogP contribution in [0.15, 0.2) is 51.4 Å². The molecule has 19 heteroatoms. The van der Waals surface area contributed by atoms with Crippen LogP contribution in [0.25, 0.3) is 5.57 Å². The lowest BCUT2D eigenvalue weighted by atomic mass is 9.99. The second kappa shape index (κ2) is 21.5. The van der Waals surface area contributed by atoms with Gasteiger partial charge in [0.15, 0.2) is 22.4 Å². The van der Waals surface area contributed by atoms with Gasteiger partial charge in [0.05, 0.1) is 19.3 Å². The number of nitrogens with one attached hydrogen (secondary N) is 3. The van der Waals surface area contributed by atoms with Crippen molar-refractivity contribution in [1.29, 1.82) is 0 Å². The quantitative estimate of drug-likeness (QED) is 0.0176. The van der Waals surface area contributed by atoms with Crippen molar-refractivity contribution < 1.29 is 57.0 Å². The summed E-state index contributed by atoms with van der Waals surface area (Å²) in [6.07, 6.45) is 6.29. The zero-order valence-corrected chi connectivity index (χ0v) is 37.1. The molecule has 0 aliphatic carbocycles. The van der Waals surface area contributed by atoms with Crippen LogP contribution >= 0.6 is 11.3 Å². The fraction of sp³-hybridized carbons (Fsp3) is 0.561. The van der Waals surface area contributed by atoms with Crippen LogP contribution in [0.3, 0.4) is 0 Å². The molecule has 1 fully saturated rings. The number of carbonyl (C=O) groups excluding carboxylic acids is 5. The van der Waals surface area contributed by atoms with E-state index in [0.29, 0.717) is 30.3 Å². The molecule has 0 bridgehead atoms. The molecule has 0 aromatic carbocycles. The third-order valence-electron chi connectivity index (χ3n) is 7.88. The normalized spacial score (nSPS) is 16.2. The van der Waals surface area contributed by atoms with Crippen LogP contribution in [0.4, 0.5) is 9.93 Å².